The van der Waals surface area contributed by atoms with Crippen LogP contribution in [-0.4, -0.2) is 23.8 Å². The third kappa shape index (κ3) is 5.03. The van der Waals surface area contributed by atoms with Crippen LogP contribution in [0.15, 0.2) is 78.9 Å². The lowest BCUT2D eigenvalue weighted by atomic mass is 9.82. The molecular weight excluding hydrogens is 345 g/mol. The molecule has 0 aliphatic carbocycles. The summed E-state index contributed by atoms with van der Waals surface area (Å²) in [6.45, 7) is 7.36. The van der Waals surface area contributed by atoms with Gasteiger partial charge in [-0.2, -0.15) is 0 Å². The third-order valence-corrected chi connectivity index (χ3v) is 5.31. The number of nitrogens with one attached hydrogen (secondary N) is 1. The number of hydrogen-bond acceptors (Lipinski definition) is 3. The summed E-state index contributed by atoms with van der Waals surface area (Å²) in [5.74, 6) is 0. The monoisotopic (exact) mass is 373 g/mol. The average molecular weight is 373 g/mol. The summed E-state index contributed by atoms with van der Waals surface area (Å²) < 4.78 is 5.94. The predicted octanol–water partition coefficient (Wildman–Crippen LogP) is 4.64. The molecule has 2 N–H and O–H groups in total. The molecule has 3 rings (SSSR count). The third-order valence-electron chi connectivity index (χ3n) is 5.31. The molecule has 0 heterocycles. The van der Waals surface area contributed by atoms with E-state index in [4.69, 9.17) is 4.65 Å². The van der Waals surface area contributed by atoms with Crippen LogP contribution < -0.4 is 10.8 Å². The van der Waals surface area contributed by atoms with Crippen LogP contribution in [-0.2, 0) is 4.65 Å². The molecule has 0 radical (unpaired) electrons. The predicted molar refractivity (Wildman–Crippen MR) is 120 cm³/mol. The minimum absolute atomic E-state index is 0.469. The minimum atomic E-state index is -0.900. The zero-order valence-corrected chi connectivity index (χ0v) is 17.1. The summed E-state index contributed by atoms with van der Waals surface area (Å²) >= 11 is 0. The second-order valence-electron chi connectivity index (χ2n) is 8.12. The first-order chi connectivity index (χ1) is 13.2. The van der Waals surface area contributed by atoms with Crippen LogP contribution in [0.4, 0.5) is 11.4 Å². The Morgan fingerprint density at radius 3 is 1.75 bits per heavy atom. The van der Waals surface area contributed by atoms with E-state index in [2.05, 4.69) is 53.8 Å². The van der Waals surface area contributed by atoms with E-state index < -0.39 is 11.2 Å². The van der Waals surface area contributed by atoms with Crippen LogP contribution in [0.25, 0.3) is 11.1 Å². The number of rotatable bonds is 7. The van der Waals surface area contributed by atoms with Gasteiger partial charge in [0.1, 0.15) is 0 Å². The maximum Gasteiger partial charge on any atom is 0.309 e. The second kappa shape index (κ2) is 8.21. The largest absolute Gasteiger partial charge is 0.427 e. The Hall–Kier alpha value is -2.56. The lowest BCUT2D eigenvalue weighted by molar-refractivity contribution is -0.0893. The van der Waals surface area contributed by atoms with Gasteiger partial charge in [-0.3, -0.25) is 0 Å². The molecule has 0 aromatic heterocycles. The summed E-state index contributed by atoms with van der Waals surface area (Å²) in [5, 5.41) is 13.6. The van der Waals surface area contributed by atoms with Gasteiger partial charge in [0, 0.05) is 11.4 Å². The Balaban J connectivity index is 1.63. The summed E-state index contributed by atoms with van der Waals surface area (Å²) in [6, 6.07) is 26.9. The topological polar surface area (TPSA) is 41.5 Å². The van der Waals surface area contributed by atoms with Crippen molar-refractivity contribution in [3.8, 4) is 11.1 Å². The molecule has 0 spiro atoms. The molecule has 0 amide bonds. The molecular formula is C24H28BNO2. The fraction of sp³-hybridized carbons (Fsp3) is 0.250. The van der Waals surface area contributed by atoms with E-state index in [0.717, 1.165) is 22.4 Å². The maximum absolute atomic E-state index is 10.2. The van der Waals surface area contributed by atoms with Crippen LogP contribution in [0.1, 0.15) is 27.7 Å². The highest BCUT2D eigenvalue weighted by atomic mass is 16.5. The van der Waals surface area contributed by atoms with Crippen molar-refractivity contribution >= 4 is 24.3 Å². The SMILES string of the molecule is CC(C)(O)C(C)(C)OBc1ccc(-c2ccc(Nc3ccccc3)cc2)cc1. The van der Waals surface area contributed by atoms with Crippen molar-refractivity contribution in [3.05, 3.63) is 78.9 Å². The van der Waals surface area contributed by atoms with Gasteiger partial charge in [0.15, 0.2) is 0 Å². The fourth-order valence-corrected chi connectivity index (χ4v) is 2.67. The van der Waals surface area contributed by atoms with Gasteiger partial charge in [-0.25, -0.2) is 0 Å². The number of hydrogen-bond donors (Lipinski definition) is 2. The summed E-state index contributed by atoms with van der Waals surface area (Å²) in [4.78, 5) is 0. The smallest absolute Gasteiger partial charge is 0.309 e. The van der Waals surface area contributed by atoms with Crippen LogP contribution in [0, 0.1) is 0 Å². The van der Waals surface area contributed by atoms with Crippen molar-refractivity contribution in [1.29, 1.82) is 0 Å². The van der Waals surface area contributed by atoms with Gasteiger partial charge in [-0.15, -0.1) is 0 Å². The Bertz CT molecular complexity index is 883. The van der Waals surface area contributed by atoms with E-state index in [1.54, 1.807) is 13.8 Å². The summed E-state index contributed by atoms with van der Waals surface area (Å²) in [6.07, 6.45) is 0. The zero-order chi connectivity index (χ0) is 20.2. The van der Waals surface area contributed by atoms with Crippen LogP contribution in [0.5, 0.6) is 0 Å². The fourth-order valence-electron chi connectivity index (χ4n) is 2.67. The Morgan fingerprint density at radius 2 is 1.21 bits per heavy atom. The molecule has 3 aromatic rings. The number of anilines is 2. The molecule has 0 fully saturated rings. The van der Waals surface area contributed by atoms with E-state index in [1.807, 2.05) is 44.2 Å². The molecule has 0 aliphatic heterocycles. The van der Waals surface area contributed by atoms with Crippen LogP contribution in [0.3, 0.4) is 0 Å². The first-order valence-electron chi connectivity index (χ1n) is 9.62. The van der Waals surface area contributed by atoms with Gasteiger partial charge < -0.3 is 15.1 Å². The first-order valence-corrected chi connectivity index (χ1v) is 9.62. The highest BCUT2D eigenvalue weighted by Gasteiger charge is 2.35. The van der Waals surface area contributed by atoms with E-state index in [0.29, 0.717) is 7.48 Å². The highest BCUT2D eigenvalue weighted by molar-refractivity contribution is 6.47. The second-order valence-corrected chi connectivity index (χ2v) is 8.12. The Labute approximate surface area is 168 Å². The highest BCUT2D eigenvalue weighted by Crippen LogP contribution is 2.25. The molecule has 3 nitrogen and oxygen atoms in total. The first kappa shape index (κ1) is 20.2. The van der Waals surface area contributed by atoms with Crippen LogP contribution >= 0.6 is 0 Å². The van der Waals surface area contributed by atoms with E-state index in [-0.39, 0.29) is 0 Å². The molecule has 0 bridgehead atoms. The van der Waals surface area contributed by atoms with Crippen LogP contribution in [0.2, 0.25) is 0 Å². The molecule has 0 aliphatic rings. The zero-order valence-electron chi connectivity index (χ0n) is 17.1. The average Bonchev–Trinajstić information content (AvgIpc) is 2.67. The minimum Gasteiger partial charge on any atom is -0.427 e. The van der Waals surface area contributed by atoms with Crippen molar-refractivity contribution in [2.24, 2.45) is 0 Å². The molecule has 0 saturated heterocycles. The molecule has 0 unspecified atom stereocenters. The lowest BCUT2D eigenvalue weighted by Crippen LogP contribution is -2.49. The summed E-state index contributed by atoms with van der Waals surface area (Å²) in [5.41, 5.74) is 4.04. The molecule has 3 aromatic carbocycles. The van der Waals surface area contributed by atoms with Gasteiger partial charge in [-0.05, 0) is 63.1 Å². The van der Waals surface area contributed by atoms with Gasteiger partial charge in [0.05, 0.1) is 11.2 Å². The standard InChI is InChI=1S/C24H28BNO2/c1-23(2,27)24(3,4)28-25-20-14-10-18(11-15-20)19-12-16-22(17-13-19)26-21-8-6-5-7-9-21/h5-17,25-27H,1-4H3. The molecule has 144 valence electrons. The number of para-hydroxylation sites is 1. The Morgan fingerprint density at radius 1 is 0.714 bits per heavy atom. The van der Waals surface area contributed by atoms with Crippen molar-refractivity contribution in [2.75, 3.05) is 5.32 Å². The lowest BCUT2D eigenvalue weighted by Gasteiger charge is -2.37. The maximum atomic E-state index is 10.2. The summed E-state index contributed by atoms with van der Waals surface area (Å²) in [7, 11) is 0.469. The van der Waals surface area contributed by atoms with E-state index in [9.17, 15) is 5.11 Å². The van der Waals surface area contributed by atoms with Crippen molar-refractivity contribution in [2.45, 2.75) is 38.9 Å². The van der Waals surface area contributed by atoms with E-state index >= 15 is 0 Å². The molecule has 0 saturated carbocycles. The Kier molecular flexibility index (Phi) is 5.92. The van der Waals surface area contributed by atoms with Gasteiger partial charge in [0.2, 0.25) is 0 Å². The normalized spacial score (nSPS) is 11.9. The molecule has 0 atom stereocenters. The molecule has 4 heteroatoms. The number of aliphatic hydroxyl groups is 1. The van der Waals surface area contributed by atoms with Crippen molar-refractivity contribution in [3.63, 3.8) is 0 Å². The van der Waals surface area contributed by atoms with Gasteiger partial charge in [0.25, 0.3) is 0 Å². The molecule has 28 heavy (non-hydrogen) atoms. The quantitative estimate of drug-likeness (QED) is 0.593. The van der Waals surface area contributed by atoms with Crippen molar-refractivity contribution < 1.29 is 9.76 Å². The van der Waals surface area contributed by atoms with Crippen molar-refractivity contribution in [1.82, 2.24) is 0 Å². The van der Waals surface area contributed by atoms with Gasteiger partial charge in [-0.1, -0.05) is 60.1 Å². The van der Waals surface area contributed by atoms with Gasteiger partial charge >= 0.3 is 7.48 Å². The number of benzene rings is 3. The van der Waals surface area contributed by atoms with E-state index in [1.165, 1.54) is 5.56 Å².